The summed E-state index contributed by atoms with van der Waals surface area (Å²) in [6, 6.07) is 3.95. The molecule has 0 aliphatic heterocycles. The molecule has 0 aromatic carbocycles. The maximum atomic E-state index is 11.8. The molecule has 0 aliphatic carbocycles. The minimum Gasteiger partial charge on any atom is -0.349 e. The van der Waals surface area contributed by atoms with Gasteiger partial charge in [-0.3, -0.25) is 9.78 Å². The Labute approximate surface area is 118 Å². The number of amides is 1. The van der Waals surface area contributed by atoms with Crippen molar-refractivity contribution in [3.8, 4) is 0 Å². The van der Waals surface area contributed by atoms with Gasteiger partial charge in [-0.15, -0.1) is 0 Å². The van der Waals surface area contributed by atoms with Crippen LogP contribution in [0, 0.1) is 0 Å². The van der Waals surface area contributed by atoms with Crippen LogP contribution in [0.3, 0.4) is 0 Å². The van der Waals surface area contributed by atoms with Gasteiger partial charge in [0.1, 0.15) is 0 Å². The van der Waals surface area contributed by atoms with Crippen molar-refractivity contribution in [3.63, 3.8) is 0 Å². The van der Waals surface area contributed by atoms with E-state index < -0.39 is 0 Å². The van der Waals surface area contributed by atoms with Gasteiger partial charge in [-0.2, -0.15) is 0 Å². The summed E-state index contributed by atoms with van der Waals surface area (Å²) in [6.45, 7) is 2.27. The Hall–Kier alpha value is -2.21. The third-order valence-corrected chi connectivity index (χ3v) is 2.89. The van der Waals surface area contributed by atoms with Crippen LogP contribution in [0.25, 0.3) is 0 Å². The zero-order chi connectivity index (χ0) is 14.2. The van der Waals surface area contributed by atoms with Crippen molar-refractivity contribution in [1.29, 1.82) is 0 Å². The molecule has 2 N–H and O–H groups in total. The van der Waals surface area contributed by atoms with Crippen LogP contribution in [-0.4, -0.2) is 33.5 Å². The maximum absolute atomic E-state index is 11.8. The molecule has 2 aromatic heterocycles. The van der Waals surface area contributed by atoms with Gasteiger partial charge in [0, 0.05) is 44.9 Å². The molecule has 0 atom stereocenters. The van der Waals surface area contributed by atoms with Crippen LogP contribution in [0.5, 0.6) is 0 Å². The van der Waals surface area contributed by atoms with Crippen molar-refractivity contribution >= 4 is 5.91 Å². The monoisotopic (exact) mass is 273 g/mol. The Morgan fingerprint density at radius 2 is 2.25 bits per heavy atom. The molecule has 2 rings (SSSR count). The third kappa shape index (κ3) is 4.17. The molecule has 1 amide bonds. The molecule has 6 heteroatoms. The molecule has 20 heavy (non-hydrogen) atoms. The van der Waals surface area contributed by atoms with E-state index in [0.717, 1.165) is 25.1 Å². The lowest BCUT2D eigenvalue weighted by molar-refractivity contribution is 0.0940. The minimum atomic E-state index is -0.134. The number of hydrogen-bond donors (Lipinski definition) is 2. The Bertz CT molecular complexity index is 538. The lowest BCUT2D eigenvalue weighted by Crippen LogP contribution is -2.29. The molecular formula is C14H19N5O. The zero-order valence-electron chi connectivity index (χ0n) is 11.5. The molecule has 0 unspecified atom stereocenters. The van der Waals surface area contributed by atoms with Gasteiger partial charge in [-0.1, -0.05) is 6.07 Å². The van der Waals surface area contributed by atoms with Crippen molar-refractivity contribution in [2.75, 3.05) is 13.1 Å². The highest BCUT2D eigenvalue weighted by atomic mass is 16.2. The first-order chi connectivity index (χ1) is 9.77. The lowest BCUT2D eigenvalue weighted by Gasteiger charge is -2.06. The van der Waals surface area contributed by atoms with Gasteiger partial charge < -0.3 is 15.2 Å². The number of carbonyl (C=O) groups excluding carboxylic acids is 1. The molecule has 0 saturated carbocycles. The largest absolute Gasteiger partial charge is 0.349 e. The quantitative estimate of drug-likeness (QED) is 0.729. The minimum absolute atomic E-state index is 0.134. The fraction of sp³-hybridized carbons (Fsp3) is 0.357. The summed E-state index contributed by atoms with van der Waals surface area (Å²) in [5.41, 5.74) is 1.16. The molecule has 0 fully saturated rings. The van der Waals surface area contributed by atoms with E-state index in [2.05, 4.69) is 20.6 Å². The predicted molar refractivity (Wildman–Crippen MR) is 76.1 cm³/mol. The SMILES string of the molecule is Cn1ccnc1C(=O)NCCCNCc1cccnc1. The summed E-state index contributed by atoms with van der Waals surface area (Å²) in [4.78, 5) is 19.8. The van der Waals surface area contributed by atoms with E-state index >= 15 is 0 Å². The lowest BCUT2D eigenvalue weighted by atomic mass is 10.3. The number of rotatable bonds is 7. The molecule has 0 saturated heterocycles. The van der Waals surface area contributed by atoms with Crippen LogP contribution in [0.1, 0.15) is 22.6 Å². The van der Waals surface area contributed by atoms with E-state index in [-0.39, 0.29) is 5.91 Å². The molecule has 2 heterocycles. The van der Waals surface area contributed by atoms with Gasteiger partial charge >= 0.3 is 0 Å². The van der Waals surface area contributed by atoms with E-state index in [4.69, 9.17) is 0 Å². The molecule has 0 radical (unpaired) electrons. The van der Waals surface area contributed by atoms with Crippen LogP contribution in [0.2, 0.25) is 0 Å². The molecule has 0 spiro atoms. The second-order valence-electron chi connectivity index (χ2n) is 4.51. The summed E-state index contributed by atoms with van der Waals surface area (Å²) in [7, 11) is 1.80. The summed E-state index contributed by atoms with van der Waals surface area (Å²) in [5.74, 6) is 0.304. The normalized spacial score (nSPS) is 10.4. The van der Waals surface area contributed by atoms with Crippen LogP contribution in [-0.2, 0) is 13.6 Å². The maximum Gasteiger partial charge on any atom is 0.287 e. The van der Waals surface area contributed by atoms with Crippen LogP contribution >= 0.6 is 0 Å². The van der Waals surface area contributed by atoms with E-state index in [9.17, 15) is 4.79 Å². The van der Waals surface area contributed by atoms with Crippen molar-refractivity contribution in [2.24, 2.45) is 7.05 Å². The third-order valence-electron chi connectivity index (χ3n) is 2.89. The topological polar surface area (TPSA) is 71.8 Å². The van der Waals surface area contributed by atoms with Gasteiger partial charge in [0.05, 0.1) is 0 Å². The predicted octanol–water partition coefficient (Wildman–Crippen LogP) is 0.725. The van der Waals surface area contributed by atoms with Gasteiger partial charge in [0.2, 0.25) is 0 Å². The van der Waals surface area contributed by atoms with Crippen LogP contribution in [0.4, 0.5) is 0 Å². The standard InChI is InChI=1S/C14H19N5O/c1-19-9-8-17-13(19)14(20)18-7-3-6-16-11-12-4-2-5-15-10-12/h2,4-5,8-10,16H,3,6-7,11H2,1H3,(H,18,20). The van der Waals surface area contributed by atoms with E-state index in [0.29, 0.717) is 12.4 Å². The Morgan fingerprint density at radius 1 is 1.35 bits per heavy atom. The average molecular weight is 273 g/mol. The first kappa shape index (κ1) is 14.2. The van der Waals surface area contributed by atoms with Crippen molar-refractivity contribution in [3.05, 3.63) is 48.3 Å². The molecular weight excluding hydrogens is 254 g/mol. The summed E-state index contributed by atoms with van der Waals surface area (Å²) in [6.07, 6.45) is 7.84. The Morgan fingerprint density at radius 3 is 2.95 bits per heavy atom. The number of aromatic nitrogens is 3. The van der Waals surface area contributed by atoms with Gasteiger partial charge in [-0.05, 0) is 24.6 Å². The van der Waals surface area contributed by atoms with Crippen molar-refractivity contribution < 1.29 is 4.79 Å². The Balaban J connectivity index is 1.58. The number of carbonyl (C=O) groups is 1. The summed E-state index contributed by atoms with van der Waals surface area (Å²) < 4.78 is 1.70. The van der Waals surface area contributed by atoms with Gasteiger partial charge in [0.25, 0.3) is 5.91 Å². The second kappa shape index (κ2) is 7.40. The van der Waals surface area contributed by atoms with Crippen LogP contribution in [0.15, 0.2) is 36.9 Å². The molecule has 2 aromatic rings. The Kier molecular flexibility index (Phi) is 5.25. The molecule has 0 aliphatic rings. The first-order valence-electron chi connectivity index (χ1n) is 6.62. The average Bonchev–Trinajstić information content (AvgIpc) is 2.90. The first-order valence-corrected chi connectivity index (χ1v) is 6.62. The number of hydrogen-bond acceptors (Lipinski definition) is 4. The van der Waals surface area contributed by atoms with Crippen LogP contribution < -0.4 is 10.6 Å². The highest BCUT2D eigenvalue weighted by Crippen LogP contribution is 1.95. The zero-order valence-corrected chi connectivity index (χ0v) is 11.5. The molecule has 106 valence electrons. The van der Waals surface area contributed by atoms with E-state index in [1.165, 1.54) is 0 Å². The molecule has 0 bridgehead atoms. The fourth-order valence-corrected chi connectivity index (χ4v) is 1.81. The van der Waals surface area contributed by atoms with E-state index in [1.807, 2.05) is 18.3 Å². The van der Waals surface area contributed by atoms with E-state index in [1.54, 1.807) is 30.2 Å². The molecule has 6 nitrogen and oxygen atoms in total. The fourth-order valence-electron chi connectivity index (χ4n) is 1.81. The van der Waals surface area contributed by atoms with Gasteiger partial charge in [0.15, 0.2) is 5.82 Å². The number of nitrogens with zero attached hydrogens (tertiary/aromatic N) is 3. The highest BCUT2D eigenvalue weighted by Gasteiger charge is 2.08. The second-order valence-corrected chi connectivity index (χ2v) is 4.51. The van der Waals surface area contributed by atoms with Crippen molar-refractivity contribution in [2.45, 2.75) is 13.0 Å². The highest BCUT2D eigenvalue weighted by molar-refractivity contribution is 5.90. The summed E-state index contributed by atoms with van der Waals surface area (Å²) >= 11 is 0. The number of aryl methyl sites for hydroxylation is 1. The number of imidazole rings is 1. The van der Waals surface area contributed by atoms with Crippen molar-refractivity contribution in [1.82, 2.24) is 25.2 Å². The smallest absolute Gasteiger partial charge is 0.287 e. The number of nitrogens with one attached hydrogen (secondary N) is 2. The summed E-state index contributed by atoms with van der Waals surface area (Å²) in [5, 5.41) is 6.16. The number of pyridine rings is 1. The van der Waals surface area contributed by atoms with Gasteiger partial charge in [-0.25, -0.2) is 4.98 Å².